The van der Waals surface area contributed by atoms with E-state index in [1.807, 2.05) is 24.3 Å². The Hall–Kier alpha value is -9.97. The molecule has 0 spiro atoms. The van der Waals surface area contributed by atoms with Crippen molar-refractivity contribution in [2.45, 2.75) is 140 Å². The number of likely N-dealkylation sites (tertiary alicyclic amines) is 1. The highest BCUT2D eigenvalue weighted by atomic mass is 16.3. The van der Waals surface area contributed by atoms with Gasteiger partial charge in [-0.15, -0.1) is 0 Å². The van der Waals surface area contributed by atoms with Crippen LogP contribution < -0.4 is 64.6 Å². The van der Waals surface area contributed by atoms with Crippen LogP contribution in [0.25, 0.3) is 10.9 Å². The zero-order valence-corrected chi connectivity index (χ0v) is 50.6. The predicted molar refractivity (Wildman–Crippen MR) is 325 cm³/mol. The Bertz CT molecular complexity index is 3230. The number of phenolic OH excluding ortho intramolecular Hbond substituents is 1. The van der Waals surface area contributed by atoms with E-state index in [1.54, 1.807) is 50.4 Å². The molecular formula is C60H81N15O15. The second-order valence-electron chi connectivity index (χ2n) is 22.3. The lowest BCUT2D eigenvalue weighted by Gasteiger charge is -2.30. The molecule has 486 valence electrons. The van der Waals surface area contributed by atoms with Crippen LogP contribution >= 0.6 is 0 Å². The Balaban J connectivity index is 1.30. The van der Waals surface area contributed by atoms with Crippen LogP contribution in [0.2, 0.25) is 0 Å². The highest BCUT2D eigenvalue weighted by molar-refractivity contribution is 6.36. The van der Waals surface area contributed by atoms with Gasteiger partial charge in [0.05, 0.1) is 18.8 Å². The number of ketones is 1. The molecule has 1 aliphatic rings. The van der Waals surface area contributed by atoms with E-state index in [1.165, 1.54) is 31.3 Å². The number of aromatic hydroxyl groups is 1. The lowest BCUT2D eigenvalue weighted by molar-refractivity contribution is -0.143. The van der Waals surface area contributed by atoms with E-state index < -0.39 is 151 Å². The number of aromatic nitrogens is 1. The zero-order chi connectivity index (χ0) is 66.4. The van der Waals surface area contributed by atoms with Gasteiger partial charge >= 0.3 is 0 Å². The third-order valence-corrected chi connectivity index (χ3v) is 14.6. The van der Waals surface area contributed by atoms with Crippen molar-refractivity contribution in [2.24, 2.45) is 17.4 Å². The van der Waals surface area contributed by atoms with Crippen molar-refractivity contribution in [3.05, 3.63) is 102 Å². The predicted octanol–water partition coefficient (Wildman–Crippen LogP) is -3.73. The van der Waals surface area contributed by atoms with E-state index >= 15 is 0 Å². The topological polar surface area (TPSA) is 481 Å². The molecule has 30 nitrogen and oxygen atoms in total. The molecule has 1 aliphatic heterocycles. The number of aliphatic hydroxyl groups excluding tert-OH is 2. The number of aliphatic hydroxyl groups is 2. The number of nitrogens with one attached hydrogen (secondary N) is 12. The van der Waals surface area contributed by atoms with Crippen LogP contribution in [0.5, 0.6) is 5.75 Å². The van der Waals surface area contributed by atoms with Gasteiger partial charge in [-0.3, -0.25) is 62.9 Å². The molecule has 3 aromatic carbocycles. The van der Waals surface area contributed by atoms with Crippen LogP contribution in [0.1, 0.15) is 76.5 Å². The van der Waals surface area contributed by atoms with Gasteiger partial charge in [0.2, 0.25) is 64.9 Å². The molecule has 0 aliphatic carbocycles. The molecule has 4 aromatic rings. The van der Waals surface area contributed by atoms with Crippen molar-refractivity contribution in [1.29, 1.82) is 5.41 Å². The highest BCUT2D eigenvalue weighted by Crippen LogP contribution is 2.23. The quantitative estimate of drug-likeness (QED) is 0.00944. The number of hydrogen-bond donors (Lipinski definition) is 17. The van der Waals surface area contributed by atoms with E-state index in [-0.39, 0.29) is 69.1 Å². The molecule has 5 rings (SSSR count). The number of phenols is 1. The van der Waals surface area contributed by atoms with E-state index in [0.29, 0.717) is 16.7 Å². The average molecular weight is 1250 g/mol. The Labute approximate surface area is 518 Å². The molecule has 10 atom stereocenters. The van der Waals surface area contributed by atoms with Gasteiger partial charge in [-0.05, 0) is 67.0 Å². The number of nitrogens with zero attached hydrogens (tertiary/aromatic N) is 1. The fourth-order valence-electron chi connectivity index (χ4n) is 9.97. The van der Waals surface area contributed by atoms with Crippen molar-refractivity contribution in [3.8, 4) is 5.75 Å². The number of H-pyrrole nitrogens is 1. The number of hydrogen-bond acceptors (Lipinski definition) is 16. The standard InChI is InChI=1S/C60H81N15O15/c1-31(2)22-43(55(86)70-41(16-11-21-65-60(63)64-5)54(85)71-42(51(61)82)25-36-28-66-40-15-10-9-14-39(36)40)69-49(81)29-67-53(84)44(23-34-12-7-6-8-13-34)73-58(89)50(32(3)76)74-56(87)45(27-48(80)52(62)83)72-57(88)47-26-38(79)30-75(47)59(90)46(68-33(4)77)24-35-17-19-37(78)20-18-35/h6-10,12-15,17-20,28,31-32,38,41-47,50,66,76,78-79H,11,16,21-27,29-30H2,1-5H3,(H2,61,82)(H2,62,83)(H,67,84)(H,68,77)(H,69,81)(H,70,86)(H,71,85)(H,72,88)(H,73,89)(H,74,87)(H3,63,64,65)/t32-,38-,41+,42+,43+,44+,45+,46-,47+,50+/m1/s1. The Kier molecular flexibility index (Phi) is 26.7. The number of carbonyl (C=O) groups excluding carboxylic acids is 12. The summed E-state index contributed by atoms with van der Waals surface area (Å²) in [5, 5.41) is 65.4. The third-order valence-electron chi connectivity index (χ3n) is 14.6. The molecule has 0 radical (unpaired) electrons. The van der Waals surface area contributed by atoms with Crippen molar-refractivity contribution in [3.63, 3.8) is 0 Å². The molecule has 11 amide bonds. The van der Waals surface area contributed by atoms with Crippen LogP contribution in [-0.4, -0.2) is 189 Å². The SMILES string of the molecule is CNC(=N)NCCC[C@H](NC(=O)[C@H](CC(C)C)NC(=O)CNC(=O)[C@H](Cc1ccccc1)NC(=O)[C@@H](NC(=O)[C@H](CC(=O)C(N)=O)NC(=O)[C@@H]1C[C@@H](O)CN1C(=O)[C@@H](Cc1ccc(O)cc1)NC(C)=O)[C@@H](C)O)C(=O)N[C@@H](Cc1c[nH]c2ccccc12)C(N)=O. The first-order valence-electron chi connectivity index (χ1n) is 29.2. The Morgan fingerprint density at radius 2 is 1.29 bits per heavy atom. The Morgan fingerprint density at radius 3 is 1.92 bits per heavy atom. The summed E-state index contributed by atoms with van der Waals surface area (Å²) in [6.07, 6.45) is -2.90. The number of primary amides is 2. The van der Waals surface area contributed by atoms with Gasteiger partial charge in [-0.1, -0.05) is 74.5 Å². The van der Waals surface area contributed by atoms with E-state index in [9.17, 15) is 72.9 Å². The first-order valence-corrected chi connectivity index (χ1v) is 29.2. The van der Waals surface area contributed by atoms with Gasteiger partial charge in [0.1, 0.15) is 54.1 Å². The zero-order valence-electron chi connectivity index (χ0n) is 50.6. The number of benzene rings is 3. The Morgan fingerprint density at radius 1 is 0.678 bits per heavy atom. The first-order chi connectivity index (χ1) is 42.6. The maximum absolute atomic E-state index is 14.2. The smallest absolute Gasteiger partial charge is 0.284 e. The molecular weight excluding hydrogens is 1170 g/mol. The monoisotopic (exact) mass is 1250 g/mol. The van der Waals surface area contributed by atoms with Crippen molar-refractivity contribution < 1.29 is 72.9 Å². The van der Waals surface area contributed by atoms with Crippen molar-refractivity contribution >= 4 is 87.6 Å². The van der Waals surface area contributed by atoms with Gasteiger partial charge in [0.15, 0.2) is 5.96 Å². The molecule has 19 N–H and O–H groups in total. The summed E-state index contributed by atoms with van der Waals surface area (Å²) in [5.74, 6) is -12.5. The number of carbonyl (C=O) groups is 12. The van der Waals surface area contributed by atoms with Crippen LogP contribution in [-0.2, 0) is 76.8 Å². The summed E-state index contributed by atoms with van der Waals surface area (Å²) >= 11 is 0. The average Bonchev–Trinajstić information content (AvgIpc) is 1.89. The number of nitrogens with two attached hydrogens (primary N) is 2. The number of Topliss-reactive ketones (excluding diaryl/α,β-unsaturated/α-hetero) is 1. The molecule has 0 saturated carbocycles. The van der Waals surface area contributed by atoms with Gasteiger partial charge < -0.3 is 89.8 Å². The van der Waals surface area contributed by atoms with Gasteiger partial charge in [0, 0.05) is 76.3 Å². The molecule has 2 heterocycles. The minimum atomic E-state index is -2.02. The largest absolute Gasteiger partial charge is 0.508 e. The lowest BCUT2D eigenvalue weighted by Crippen LogP contribution is -2.61. The number of para-hydroxylation sites is 1. The van der Waals surface area contributed by atoms with Gasteiger partial charge in [0.25, 0.3) is 5.91 Å². The second kappa shape index (κ2) is 34.0. The van der Waals surface area contributed by atoms with E-state index in [2.05, 4.69) is 58.2 Å². The number of fused-ring (bicyclic) bond motifs is 1. The van der Waals surface area contributed by atoms with Crippen molar-refractivity contribution in [1.82, 2.24) is 63.1 Å². The summed E-state index contributed by atoms with van der Waals surface area (Å²) in [6, 6.07) is 9.12. The van der Waals surface area contributed by atoms with Crippen LogP contribution in [0, 0.1) is 11.3 Å². The molecule has 1 saturated heterocycles. The lowest BCUT2D eigenvalue weighted by atomic mass is 10.0. The molecule has 0 bridgehead atoms. The van der Waals surface area contributed by atoms with E-state index in [4.69, 9.17) is 16.9 Å². The van der Waals surface area contributed by atoms with Crippen molar-refractivity contribution in [2.75, 3.05) is 26.7 Å². The number of aromatic amines is 1. The number of guanidine groups is 1. The molecule has 0 unspecified atom stereocenters. The first kappa shape index (κ1) is 70.8. The molecule has 30 heteroatoms. The summed E-state index contributed by atoms with van der Waals surface area (Å²) in [6.45, 7) is 4.81. The minimum Gasteiger partial charge on any atom is -0.508 e. The maximum atomic E-state index is 14.2. The summed E-state index contributed by atoms with van der Waals surface area (Å²) in [7, 11) is 1.54. The highest BCUT2D eigenvalue weighted by Gasteiger charge is 2.43. The van der Waals surface area contributed by atoms with Gasteiger partial charge in [-0.2, -0.15) is 0 Å². The molecule has 1 fully saturated rings. The van der Waals surface area contributed by atoms with Crippen LogP contribution in [0.15, 0.2) is 85.1 Å². The molecule has 1 aromatic heterocycles. The summed E-state index contributed by atoms with van der Waals surface area (Å²) in [5.41, 5.74) is 13.5. The normalized spacial score (nSPS) is 16.2. The molecule has 90 heavy (non-hydrogen) atoms. The van der Waals surface area contributed by atoms with Gasteiger partial charge in [-0.25, -0.2) is 0 Å². The number of rotatable bonds is 33. The third kappa shape index (κ3) is 21.7. The summed E-state index contributed by atoms with van der Waals surface area (Å²) < 4.78 is 0. The fourth-order valence-corrected chi connectivity index (χ4v) is 9.97. The summed E-state index contributed by atoms with van der Waals surface area (Å²) in [4.78, 5) is 166. The number of amides is 11. The van der Waals surface area contributed by atoms with Crippen LogP contribution in [0.4, 0.5) is 0 Å². The fraction of sp³-hybridized carbons (Fsp3) is 0.450. The number of β-amino-alcohol motifs (C(OH)–C–C–N with tert-alkyl or cyclic N) is 1. The van der Waals surface area contributed by atoms with E-state index in [0.717, 1.165) is 29.7 Å². The maximum Gasteiger partial charge on any atom is 0.284 e. The minimum absolute atomic E-state index is 0.00158. The van der Waals surface area contributed by atoms with Crippen LogP contribution in [0.3, 0.4) is 0 Å². The second-order valence-corrected chi connectivity index (χ2v) is 22.3.